The summed E-state index contributed by atoms with van der Waals surface area (Å²) in [6.07, 6.45) is 5.85. The Hall–Kier alpha value is -5.12. The van der Waals surface area contributed by atoms with Gasteiger partial charge in [-0.1, -0.05) is 115 Å². The van der Waals surface area contributed by atoms with Gasteiger partial charge in [0, 0.05) is 23.5 Å². The second-order valence-electron chi connectivity index (χ2n) is 9.58. The van der Waals surface area contributed by atoms with Crippen LogP contribution < -0.4 is 5.73 Å². The Morgan fingerprint density at radius 3 is 2.12 bits per heavy atom. The quantitative estimate of drug-likeness (QED) is 0.217. The second kappa shape index (κ2) is 11.7. The highest BCUT2D eigenvalue weighted by molar-refractivity contribution is 6.14. The molecule has 1 aromatic heterocycles. The first-order chi connectivity index (χ1) is 19.8. The summed E-state index contributed by atoms with van der Waals surface area (Å²) < 4.78 is 0. The summed E-state index contributed by atoms with van der Waals surface area (Å²) in [6.45, 7) is 0.197. The maximum absolute atomic E-state index is 6.02. The second-order valence-corrected chi connectivity index (χ2v) is 9.58. The molecule has 1 heterocycles. The largest absolute Gasteiger partial charge is 0.312 e. The molecule has 40 heavy (non-hydrogen) atoms. The first kappa shape index (κ1) is 25.2. The smallest absolute Gasteiger partial charge is 0.0866 e. The Morgan fingerprint density at radius 1 is 0.625 bits per heavy atom. The van der Waals surface area contributed by atoms with Crippen molar-refractivity contribution in [3.63, 3.8) is 0 Å². The number of allylic oxidation sites excluding steroid dienone is 1. The fraction of sp³-hybridized carbons (Fsp3) is 0.0270. The Kier molecular flexibility index (Phi) is 7.38. The van der Waals surface area contributed by atoms with E-state index in [2.05, 4.69) is 132 Å². The normalized spacial score (nSPS) is 12.0. The van der Waals surface area contributed by atoms with Gasteiger partial charge in [0.2, 0.25) is 0 Å². The van der Waals surface area contributed by atoms with Gasteiger partial charge in [-0.3, -0.25) is 9.98 Å². The SMILES string of the molecule is NC/N=C(\C=C(/c1ccccc1)c1cccc(-c2cccnc2)c1)c1cccc(-c2cccc3ccccc23)c1. The topological polar surface area (TPSA) is 51.3 Å². The molecule has 0 atom stereocenters. The maximum atomic E-state index is 6.02. The third-order valence-corrected chi connectivity index (χ3v) is 7.05. The molecule has 192 valence electrons. The molecule has 0 bridgehead atoms. The zero-order valence-electron chi connectivity index (χ0n) is 22.1. The molecule has 3 heteroatoms. The van der Waals surface area contributed by atoms with E-state index in [-0.39, 0.29) is 6.67 Å². The van der Waals surface area contributed by atoms with Gasteiger partial charge in [0.25, 0.3) is 0 Å². The first-order valence-electron chi connectivity index (χ1n) is 13.4. The Labute approximate surface area is 235 Å². The number of aliphatic imine (C=N–C) groups is 1. The van der Waals surface area contributed by atoms with Gasteiger partial charge in [-0.25, -0.2) is 0 Å². The molecule has 0 fully saturated rings. The molecule has 0 aliphatic heterocycles. The fourth-order valence-corrected chi connectivity index (χ4v) is 5.13. The lowest BCUT2D eigenvalue weighted by molar-refractivity contribution is 1.07. The minimum Gasteiger partial charge on any atom is -0.312 e. The van der Waals surface area contributed by atoms with Gasteiger partial charge in [-0.05, 0) is 68.4 Å². The molecule has 6 rings (SSSR count). The molecule has 6 aromatic rings. The molecule has 0 saturated heterocycles. The third kappa shape index (κ3) is 5.37. The van der Waals surface area contributed by atoms with Crippen molar-refractivity contribution in [2.75, 3.05) is 6.67 Å². The van der Waals surface area contributed by atoms with Crippen molar-refractivity contribution in [1.29, 1.82) is 0 Å². The number of hydrogen-bond acceptors (Lipinski definition) is 3. The van der Waals surface area contributed by atoms with E-state index in [1.807, 2.05) is 18.3 Å². The molecule has 2 N–H and O–H groups in total. The van der Waals surface area contributed by atoms with Crippen LogP contribution in [0.15, 0.2) is 157 Å². The summed E-state index contributed by atoms with van der Waals surface area (Å²) in [6, 6.07) is 46.5. The van der Waals surface area contributed by atoms with E-state index >= 15 is 0 Å². The molecule has 0 spiro atoms. The van der Waals surface area contributed by atoms with Crippen molar-refractivity contribution < 1.29 is 0 Å². The molecule has 3 nitrogen and oxygen atoms in total. The summed E-state index contributed by atoms with van der Waals surface area (Å²) in [5.74, 6) is 0. The zero-order valence-corrected chi connectivity index (χ0v) is 22.1. The van der Waals surface area contributed by atoms with Gasteiger partial charge < -0.3 is 5.73 Å². The van der Waals surface area contributed by atoms with Gasteiger partial charge in [-0.2, -0.15) is 0 Å². The van der Waals surface area contributed by atoms with Crippen LogP contribution in [0, 0.1) is 0 Å². The highest BCUT2D eigenvalue weighted by Crippen LogP contribution is 2.31. The summed E-state index contributed by atoms with van der Waals surface area (Å²) in [5.41, 5.74) is 15.7. The van der Waals surface area contributed by atoms with E-state index in [0.29, 0.717) is 0 Å². The summed E-state index contributed by atoms with van der Waals surface area (Å²) in [7, 11) is 0. The summed E-state index contributed by atoms with van der Waals surface area (Å²) >= 11 is 0. The number of nitrogens with zero attached hydrogens (tertiary/aromatic N) is 2. The minimum atomic E-state index is 0.197. The predicted molar refractivity (Wildman–Crippen MR) is 168 cm³/mol. The van der Waals surface area contributed by atoms with Crippen LogP contribution in [-0.2, 0) is 0 Å². The first-order valence-corrected chi connectivity index (χ1v) is 13.4. The van der Waals surface area contributed by atoms with E-state index in [1.54, 1.807) is 6.20 Å². The number of aromatic nitrogens is 1. The molecular weight excluding hydrogens is 486 g/mol. The lowest BCUT2D eigenvalue weighted by atomic mass is 9.92. The van der Waals surface area contributed by atoms with Crippen LogP contribution in [0.25, 0.3) is 38.6 Å². The summed E-state index contributed by atoms with van der Waals surface area (Å²) in [5, 5.41) is 2.45. The Morgan fingerprint density at radius 2 is 1.30 bits per heavy atom. The molecular formula is C37H29N3. The van der Waals surface area contributed by atoms with Crippen molar-refractivity contribution in [2.45, 2.75) is 0 Å². The van der Waals surface area contributed by atoms with Crippen molar-refractivity contribution >= 4 is 22.1 Å². The van der Waals surface area contributed by atoms with Crippen LogP contribution in [0.4, 0.5) is 0 Å². The number of pyridine rings is 1. The van der Waals surface area contributed by atoms with Gasteiger partial charge >= 0.3 is 0 Å². The lowest BCUT2D eigenvalue weighted by Gasteiger charge is -2.13. The molecule has 0 saturated carbocycles. The van der Waals surface area contributed by atoms with E-state index in [1.165, 1.54) is 16.3 Å². The van der Waals surface area contributed by atoms with E-state index in [4.69, 9.17) is 10.7 Å². The molecule has 0 aliphatic carbocycles. The van der Waals surface area contributed by atoms with Crippen molar-refractivity contribution in [2.24, 2.45) is 10.7 Å². The molecule has 0 unspecified atom stereocenters. The van der Waals surface area contributed by atoms with Crippen molar-refractivity contribution in [3.8, 4) is 22.3 Å². The molecule has 0 amide bonds. The molecule has 0 aliphatic rings. The summed E-state index contributed by atoms with van der Waals surface area (Å²) in [4.78, 5) is 9.08. The number of fused-ring (bicyclic) bond motifs is 1. The number of benzene rings is 5. The van der Waals surface area contributed by atoms with Crippen molar-refractivity contribution in [1.82, 2.24) is 4.98 Å². The molecule has 0 radical (unpaired) electrons. The number of hydrogen-bond donors (Lipinski definition) is 1. The Bertz CT molecular complexity index is 1810. The van der Waals surface area contributed by atoms with Gasteiger partial charge in [0.1, 0.15) is 0 Å². The van der Waals surface area contributed by atoms with Gasteiger partial charge in [0.15, 0.2) is 0 Å². The monoisotopic (exact) mass is 515 g/mol. The van der Waals surface area contributed by atoms with Gasteiger partial charge in [0.05, 0.1) is 12.4 Å². The van der Waals surface area contributed by atoms with E-state index in [0.717, 1.165) is 44.7 Å². The van der Waals surface area contributed by atoms with Crippen LogP contribution in [0.3, 0.4) is 0 Å². The predicted octanol–water partition coefficient (Wildman–Crippen LogP) is 8.41. The standard InChI is InChI=1S/C37H29N3/c38-26-40-37(32-17-7-15-30(23-32)35-20-8-13-27-12-4-5-19-34(27)35)24-36(28-10-2-1-3-11-28)31-16-6-14-29(22-31)33-18-9-21-39-25-33/h1-25H,26,38H2/b36-24+,40-37+. The van der Waals surface area contributed by atoms with Crippen LogP contribution in [0.1, 0.15) is 16.7 Å². The number of nitrogens with two attached hydrogens (primary N) is 1. The van der Waals surface area contributed by atoms with Crippen LogP contribution in [0.5, 0.6) is 0 Å². The van der Waals surface area contributed by atoms with Crippen LogP contribution in [-0.4, -0.2) is 17.4 Å². The highest BCUT2D eigenvalue weighted by atomic mass is 14.9. The lowest BCUT2D eigenvalue weighted by Crippen LogP contribution is -2.05. The highest BCUT2D eigenvalue weighted by Gasteiger charge is 2.12. The maximum Gasteiger partial charge on any atom is 0.0866 e. The van der Waals surface area contributed by atoms with E-state index in [9.17, 15) is 0 Å². The molecule has 5 aromatic carbocycles. The zero-order chi connectivity index (χ0) is 27.1. The number of rotatable bonds is 7. The van der Waals surface area contributed by atoms with Crippen LogP contribution in [0.2, 0.25) is 0 Å². The van der Waals surface area contributed by atoms with Crippen molar-refractivity contribution in [3.05, 3.63) is 169 Å². The average molecular weight is 516 g/mol. The fourth-order valence-electron chi connectivity index (χ4n) is 5.13. The third-order valence-electron chi connectivity index (χ3n) is 7.05. The van der Waals surface area contributed by atoms with Gasteiger partial charge in [-0.15, -0.1) is 0 Å². The van der Waals surface area contributed by atoms with E-state index < -0.39 is 0 Å². The van der Waals surface area contributed by atoms with Crippen LogP contribution >= 0.6 is 0 Å². The minimum absolute atomic E-state index is 0.197. The average Bonchev–Trinajstić information content (AvgIpc) is 3.04. The Balaban J connectivity index is 1.48.